The lowest BCUT2D eigenvalue weighted by atomic mass is 10.1. The minimum Gasteiger partial charge on any atom is -0.329 e. The van der Waals surface area contributed by atoms with Crippen molar-refractivity contribution in [1.82, 2.24) is 5.09 Å². The van der Waals surface area contributed by atoms with Crippen molar-refractivity contribution in [1.29, 1.82) is 5.26 Å². The van der Waals surface area contributed by atoms with E-state index in [4.69, 9.17) is 9.74 Å². The van der Waals surface area contributed by atoms with Crippen LogP contribution in [0.5, 0.6) is 0 Å². The monoisotopic (exact) mass is 424 g/mol. The lowest BCUT2D eigenvalue weighted by molar-refractivity contribution is 0.582. The maximum atomic E-state index is 10.1. The Labute approximate surface area is 184 Å². The minimum absolute atomic E-state index is 0.355. The van der Waals surface area contributed by atoms with Gasteiger partial charge in [-0.3, -0.25) is 4.99 Å². The predicted molar refractivity (Wildman–Crippen MR) is 131 cm³/mol. The lowest BCUT2D eigenvalue weighted by Crippen LogP contribution is -2.37. The first-order valence-corrected chi connectivity index (χ1v) is 12.0. The fraction of sp³-hybridized carbons (Fsp3) is 0.154. The number of nitrogens with zero attached hydrogens (tertiary/aromatic N) is 3. The largest absolute Gasteiger partial charge is 0.329 e. The van der Waals surface area contributed by atoms with E-state index >= 15 is 0 Å². The average Bonchev–Trinajstić information content (AvgIpc) is 2.79. The van der Waals surface area contributed by atoms with Gasteiger partial charge in [0.05, 0.1) is 11.2 Å². The van der Waals surface area contributed by atoms with E-state index in [1.807, 2.05) is 87.5 Å². The zero-order valence-corrected chi connectivity index (χ0v) is 18.8. The molecule has 154 valence electrons. The summed E-state index contributed by atoms with van der Waals surface area (Å²) in [6, 6.07) is 32.8. The topological polar surface area (TPSA) is 60.5 Å². The van der Waals surface area contributed by atoms with E-state index in [0.717, 1.165) is 16.2 Å². The second-order valence-electron chi connectivity index (χ2n) is 8.35. The number of hydrogen-bond donors (Lipinski definition) is 1. The first-order chi connectivity index (χ1) is 14.9. The molecule has 4 rings (SSSR count). The van der Waals surface area contributed by atoms with Gasteiger partial charge in [-0.25, -0.2) is 4.74 Å². The highest BCUT2D eigenvalue weighted by Crippen LogP contribution is 2.49. The summed E-state index contributed by atoms with van der Waals surface area (Å²) in [6.07, 6.45) is 0. The Morgan fingerprint density at radius 3 is 1.74 bits per heavy atom. The maximum absolute atomic E-state index is 10.1. The predicted octanol–water partition coefficient (Wildman–Crippen LogP) is 5.49. The maximum Gasteiger partial charge on any atom is 0.146 e. The molecular formula is C26H25N4P. The Kier molecular flexibility index (Phi) is 5.63. The fourth-order valence-electron chi connectivity index (χ4n) is 3.55. The number of rotatable bonds is 3. The number of aliphatic imine (C=N–C) groups is 1. The van der Waals surface area contributed by atoms with Gasteiger partial charge in [-0.15, -0.1) is 0 Å². The van der Waals surface area contributed by atoms with Gasteiger partial charge in [0.25, 0.3) is 0 Å². The molecule has 0 saturated carbocycles. The van der Waals surface area contributed by atoms with Crippen molar-refractivity contribution in [3.63, 3.8) is 0 Å². The fourth-order valence-corrected chi connectivity index (χ4v) is 6.58. The number of hydrogen-bond acceptors (Lipinski definition) is 3. The molecule has 0 fully saturated rings. The second kappa shape index (κ2) is 8.38. The Morgan fingerprint density at radius 2 is 1.29 bits per heavy atom. The van der Waals surface area contributed by atoms with Crippen LogP contribution in [0, 0.1) is 11.3 Å². The van der Waals surface area contributed by atoms with Crippen molar-refractivity contribution < 1.29 is 0 Å². The highest BCUT2D eigenvalue weighted by Gasteiger charge is 2.34. The van der Waals surface area contributed by atoms with E-state index in [1.54, 1.807) is 0 Å². The van der Waals surface area contributed by atoms with Crippen molar-refractivity contribution in [2.75, 3.05) is 0 Å². The number of nitrogens with one attached hydrogen (secondary N) is 1. The molecule has 0 radical (unpaired) electrons. The summed E-state index contributed by atoms with van der Waals surface area (Å²) in [7, 11) is -2.47. The summed E-state index contributed by atoms with van der Waals surface area (Å²) in [5, 5.41) is 16.0. The molecule has 1 heterocycles. The summed E-state index contributed by atoms with van der Waals surface area (Å²) < 4.78 is 5.33. The van der Waals surface area contributed by atoms with Gasteiger partial charge < -0.3 is 5.09 Å². The van der Waals surface area contributed by atoms with Gasteiger partial charge in [-0.05, 0) is 20.8 Å². The van der Waals surface area contributed by atoms with Crippen molar-refractivity contribution >= 4 is 29.3 Å². The lowest BCUT2D eigenvalue weighted by Gasteiger charge is -2.33. The molecule has 1 aliphatic heterocycles. The minimum atomic E-state index is -2.47. The third-order valence-corrected chi connectivity index (χ3v) is 7.98. The molecule has 1 N–H and O–H groups in total. The van der Waals surface area contributed by atoms with Gasteiger partial charge >= 0.3 is 0 Å². The first kappa shape index (κ1) is 20.8. The van der Waals surface area contributed by atoms with Crippen LogP contribution in [0.1, 0.15) is 26.3 Å². The SMILES string of the molecule is CC(C)(C)N=C1NP(c2ccccc2)(c2ccccc2)=NC(c2ccccc2)=C1C#N. The quantitative estimate of drug-likeness (QED) is 0.565. The summed E-state index contributed by atoms with van der Waals surface area (Å²) >= 11 is 0. The van der Waals surface area contributed by atoms with E-state index in [9.17, 15) is 5.26 Å². The van der Waals surface area contributed by atoms with Crippen LogP contribution in [-0.4, -0.2) is 11.4 Å². The van der Waals surface area contributed by atoms with Crippen molar-refractivity contribution in [2.24, 2.45) is 9.74 Å². The third-order valence-electron chi connectivity index (χ3n) is 4.86. The molecule has 3 aromatic rings. The van der Waals surface area contributed by atoms with Crippen LogP contribution in [0.15, 0.2) is 106 Å². The molecule has 0 saturated heterocycles. The van der Waals surface area contributed by atoms with Crippen LogP contribution in [0.25, 0.3) is 5.70 Å². The van der Waals surface area contributed by atoms with E-state index < -0.39 is 7.21 Å². The van der Waals surface area contributed by atoms with Crippen LogP contribution in [0.3, 0.4) is 0 Å². The molecular weight excluding hydrogens is 399 g/mol. The van der Waals surface area contributed by atoms with Crippen molar-refractivity contribution in [3.8, 4) is 6.07 Å². The van der Waals surface area contributed by atoms with Crippen LogP contribution < -0.4 is 15.7 Å². The van der Waals surface area contributed by atoms with Crippen molar-refractivity contribution in [2.45, 2.75) is 26.3 Å². The number of nitriles is 1. The van der Waals surface area contributed by atoms with Gasteiger partial charge in [0.2, 0.25) is 0 Å². The summed E-state index contributed by atoms with van der Waals surface area (Å²) in [6.45, 7) is 6.11. The molecule has 0 aliphatic carbocycles. The van der Waals surface area contributed by atoms with Gasteiger partial charge in [-0.1, -0.05) is 91.0 Å². The molecule has 0 aromatic heterocycles. The van der Waals surface area contributed by atoms with Crippen molar-refractivity contribution in [3.05, 3.63) is 102 Å². The van der Waals surface area contributed by atoms with Crippen LogP contribution in [-0.2, 0) is 0 Å². The zero-order valence-electron chi connectivity index (χ0n) is 17.9. The molecule has 0 spiro atoms. The molecule has 0 amide bonds. The molecule has 0 atom stereocenters. The summed E-state index contributed by atoms with van der Waals surface area (Å²) in [5.41, 5.74) is 1.72. The molecule has 5 heteroatoms. The van der Waals surface area contributed by atoms with Crippen LogP contribution in [0.2, 0.25) is 0 Å². The highest BCUT2D eigenvalue weighted by atomic mass is 31.2. The smallest absolute Gasteiger partial charge is 0.146 e. The second-order valence-corrected chi connectivity index (χ2v) is 11.1. The zero-order chi connectivity index (χ0) is 21.9. The Hall–Kier alpha value is -3.41. The Balaban J connectivity index is 2.13. The van der Waals surface area contributed by atoms with Crippen LogP contribution in [0.4, 0.5) is 0 Å². The molecule has 0 unspecified atom stereocenters. The first-order valence-electron chi connectivity index (χ1n) is 10.2. The van der Waals surface area contributed by atoms with Gasteiger partial charge in [0, 0.05) is 16.2 Å². The Morgan fingerprint density at radius 1 is 0.806 bits per heavy atom. The Bertz CT molecular complexity index is 1190. The van der Waals surface area contributed by atoms with Gasteiger partial charge in [0.1, 0.15) is 24.7 Å². The van der Waals surface area contributed by atoms with E-state index in [0.29, 0.717) is 17.1 Å². The van der Waals surface area contributed by atoms with E-state index in [1.165, 1.54) is 0 Å². The normalized spacial score (nSPS) is 16.9. The van der Waals surface area contributed by atoms with Gasteiger partial charge in [-0.2, -0.15) is 5.26 Å². The summed E-state index contributed by atoms with van der Waals surface area (Å²) in [5.74, 6) is 0.602. The standard InChI is InChI=1S/C26H25N4P/c1-26(2,3)28-25-23(19-27)24(20-13-7-4-8-14-20)29-31(30-25,21-15-9-5-10-16-21)22-17-11-6-12-18-22/h4-18H,1-3H3,(H,28,30). The van der Waals surface area contributed by atoms with Crippen LogP contribution >= 0.6 is 7.21 Å². The number of amidine groups is 1. The van der Waals surface area contributed by atoms with E-state index in [2.05, 4.69) is 35.4 Å². The molecule has 1 aliphatic rings. The van der Waals surface area contributed by atoms with Gasteiger partial charge in [0.15, 0.2) is 0 Å². The molecule has 3 aromatic carbocycles. The number of benzene rings is 3. The molecule has 31 heavy (non-hydrogen) atoms. The average molecular weight is 424 g/mol. The molecule has 4 nitrogen and oxygen atoms in total. The highest BCUT2D eigenvalue weighted by molar-refractivity contribution is 7.80. The third kappa shape index (κ3) is 4.24. The molecule has 0 bridgehead atoms. The summed E-state index contributed by atoms with van der Waals surface area (Å²) in [4.78, 5) is 4.94. The van der Waals surface area contributed by atoms with E-state index in [-0.39, 0.29) is 5.54 Å².